The number of guanidine groups is 1. The summed E-state index contributed by atoms with van der Waals surface area (Å²) in [6.45, 7) is 6.55. The Morgan fingerprint density at radius 2 is 2.04 bits per heavy atom. The second-order valence-corrected chi connectivity index (χ2v) is 10.3. The van der Waals surface area contributed by atoms with Gasteiger partial charge in [-0.05, 0) is 50.6 Å². The van der Waals surface area contributed by atoms with Gasteiger partial charge >= 0.3 is 0 Å². The van der Waals surface area contributed by atoms with Crippen LogP contribution in [0.25, 0.3) is 0 Å². The lowest BCUT2D eigenvalue weighted by Crippen LogP contribution is -2.43. The van der Waals surface area contributed by atoms with Crippen LogP contribution < -0.4 is 15.4 Å². The molecule has 2 rings (SSSR count). The van der Waals surface area contributed by atoms with Crippen molar-refractivity contribution in [3.8, 4) is 0 Å². The van der Waals surface area contributed by atoms with Crippen molar-refractivity contribution in [1.82, 2.24) is 15.4 Å². The average Bonchev–Trinajstić information content (AvgIpc) is 3.04. The van der Waals surface area contributed by atoms with Crippen molar-refractivity contribution in [2.45, 2.75) is 43.7 Å². The van der Waals surface area contributed by atoms with Crippen molar-refractivity contribution in [3.05, 3.63) is 35.4 Å². The summed E-state index contributed by atoms with van der Waals surface area (Å²) in [6.07, 6.45) is 2.50. The highest BCUT2D eigenvalue weighted by molar-refractivity contribution is 14.0. The molecule has 1 aliphatic rings. The summed E-state index contributed by atoms with van der Waals surface area (Å²) >= 11 is 2.02. The first kappa shape index (κ1) is 24.5. The number of halogens is 1. The van der Waals surface area contributed by atoms with E-state index < -0.39 is 10.0 Å². The zero-order valence-corrected chi connectivity index (χ0v) is 20.2. The summed E-state index contributed by atoms with van der Waals surface area (Å²) in [6, 6.07) is 7.57. The average molecular weight is 527 g/mol. The summed E-state index contributed by atoms with van der Waals surface area (Å²) in [5, 5.41) is 6.73. The van der Waals surface area contributed by atoms with Gasteiger partial charge in [0.05, 0.1) is 12.3 Å². The molecule has 1 heterocycles. The molecule has 154 valence electrons. The van der Waals surface area contributed by atoms with E-state index in [1.54, 1.807) is 0 Å². The normalized spacial score (nSPS) is 20.2. The fourth-order valence-electron chi connectivity index (χ4n) is 2.87. The van der Waals surface area contributed by atoms with Crippen LogP contribution in [-0.4, -0.2) is 45.0 Å². The molecule has 1 aliphatic heterocycles. The molecule has 3 N–H and O–H groups in total. The smallest absolute Gasteiger partial charge is 0.215 e. The lowest BCUT2D eigenvalue weighted by molar-refractivity contribution is 0.584. The van der Waals surface area contributed by atoms with Gasteiger partial charge in [0, 0.05) is 17.8 Å². The number of nitrogens with zero attached hydrogens (tertiary/aromatic N) is 1. The molecule has 1 saturated heterocycles. The van der Waals surface area contributed by atoms with E-state index in [2.05, 4.69) is 27.3 Å². The Hall–Kier alpha value is -0.520. The van der Waals surface area contributed by atoms with E-state index in [4.69, 9.17) is 0 Å². The fourth-order valence-corrected chi connectivity index (χ4v) is 4.88. The maximum atomic E-state index is 11.7. The van der Waals surface area contributed by atoms with Crippen LogP contribution in [0.4, 0.5) is 0 Å². The molecule has 0 aromatic heterocycles. The molecular formula is C18H31IN4O2S2. The molecule has 0 bridgehead atoms. The number of benzene rings is 1. The second-order valence-electron chi connectivity index (χ2n) is 6.73. The maximum absolute atomic E-state index is 11.7. The van der Waals surface area contributed by atoms with Gasteiger partial charge in [0.2, 0.25) is 10.0 Å². The van der Waals surface area contributed by atoms with Crippen LogP contribution in [-0.2, 0) is 22.3 Å². The van der Waals surface area contributed by atoms with E-state index >= 15 is 0 Å². The summed E-state index contributed by atoms with van der Waals surface area (Å²) in [4.78, 5) is 4.65. The predicted octanol–water partition coefficient (Wildman–Crippen LogP) is 2.69. The highest BCUT2D eigenvalue weighted by Gasteiger charge is 2.29. The van der Waals surface area contributed by atoms with Crippen molar-refractivity contribution in [1.29, 1.82) is 0 Å². The molecule has 1 aromatic carbocycles. The van der Waals surface area contributed by atoms with Gasteiger partial charge in [0.25, 0.3) is 0 Å². The first-order valence-corrected chi connectivity index (χ1v) is 11.6. The van der Waals surface area contributed by atoms with Crippen molar-refractivity contribution < 1.29 is 8.42 Å². The zero-order valence-electron chi connectivity index (χ0n) is 16.2. The van der Waals surface area contributed by atoms with Crippen molar-refractivity contribution in [2.75, 3.05) is 25.9 Å². The molecule has 1 unspecified atom stereocenters. The van der Waals surface area contributed by atoms with E-state index in [0.29, 0.717) is 6.54 Å². The molecule has 0 radical (unpaired) electrons. The molecule has 1 fully saturated rings. The number of nitrogens with one attached hydrogen (secondary N) is 3. The zero-order chi connectivity index (χ0) is 19.0. The Kier molecular flexibility index (Phi) is 10.4. The quantitative estimate of drug-likeness (QED) is 0.276. The lowest BCUT2D eigenvalue weighted by Gasteiger charge is -2.24. The predicted molar refractivity (Wildman–Crippen MR) is 126 cm³/mol. The van der Waals surface area contributed by atoms with Gasteiger partial charge in [0.15, 0.2) is 5.96 Å². The van der Waals surface area contributed by atoms with E-state index in [1.165, 1.54) is 25.6 Å². The van der Waals surface area contributed by atoms with Crippen molar-refractivity contribution >= 4 is 51.7 Å². The van der Waals surface area contributed by atoms with Gasteiger partial charge in [-0.1, -0.05) is 24.3 Å². The molecular weight excluding hydrogens is 495 g/mol. The molecule has 1 atom stereocenters. The van der Waals surface area contributed by atoms with Gasteiger partial charge < -0.3 is 10.6 Å². The number of hydrogen-bond donors (Lipinski definition) is 3. The van der Waals surface area contributed by atoms with Crippen LogP contribution in [0.3, 0.4) is 0 Å². The van der Waals surface area contributed by atoms with Crippen LogP contribution in [0, 0.1) is 0 Å². The summed E-state index contributed by atoms with van der Waals surface area (Å²) in [5.74, 6) is 2.01. The van der Waals surface area contributed by atoms with Gasteiger partial charge in [0.1, 0.15) is 0 Å². The third-order valence-electron chi connectivity index (χ3n) is 4.35. The number of thioether (sulfide) groups is 1. The number of aliphatic imine (C=N–C) groups is 1. The van der Waals surface area contributed by atoms with Crippen molar-refractivity contribution in [3.63, 3.8) is 0 Å². The standard InChI is InChI=1S/C18H30N4O2S2.HI/c1-4-20-17(22-14-18(2)9-6-10-25-18)21-12-15-7-5-8-16(11-15)13-26(23,24)19-3;/h5,7-8,11,19H,4,6,9-10,12-14H2,1-3H3,(H2,20,21,22);1H. The van der Waals surface area contributed by atoms with Gasteiger partial charge in [-0.25, -0.2) is 18.1 Å². The lowest BCUT2D eigenvalue weighted by atomic mass is 10.1. The molecule has 0 amide bonds. The Morgan fingerprint density at radius 1 is 1.30 bits per heavy atom. The number of rotatable bonds is 8. The van der Waals surface area contributed by atoms with Crippen LogP contribution in [0.15, 0.2) is 29.3 Å². The van der Waals surface area contributed by atoms with Gasteiger partial charge in [-0.3, -0.25) is 0 Å². The third-order valence-corrected chi connectivity index (χ3v) is 7.23. The van der Waals surface area contributed by atoms with E-state index in [-0.39, 0.29) is 34.5 Å². The Morgan fingerprint density at radius 3 is 2.67 bits per heavy atom. The molecule has 1 aromatic rings. The monoisotopic (exact) mass is 526 g/mol. The number of sulfonamides is 1. The molecule has 6 nitrogen and oxygen atoms in total. The SMILES string of the molecule is CCNC(=NCc1cccc(CS(=O)(=O)NC)c1)NCC1(C)CCCS1.I. The molecule has 27 heavy (non-hydrogen) atoms. The largest absolute Gasteiger partial charge is 0.357 e. The molecule has 0 saturated carbocycles. The van der Waals surface area contributed by atoms with Gasteiger partial charge in [-0.2, -0.15) is 11.8 Å². The topological polar surface area (TPSA) is 82.6 Å². The number of hydrogen-bond acceptors (Lipinski definition) is 4. The third kappa shape index (κ3) is 8.57. The summed E-state index contributed by atoms with van der Waals surface area (Å²) < 4.78 is 26.0. The van der Waals surface area contributed by atoms with E-state index in [9.17, 15) is 8.42 Å². The van der Waals surface area contributed by atoms with Crippen LogP contribution in [0.1, 0.15) is 37.8 Å². The van der Waals surface area contributed by atoms with E-state index in [1.807, 2.05) is 43.0 Å². The maximum Gasteiger partial charge on any atom is 0.215 e. The van der Waals surface area contributed by atoms with Crippen LogP contribution in [0.2, 0.25) is 0 Å². The van der Waals surface area contributed by atoms with Gasteiger partial charge in [-0.15, -0.1) is 24.0 Å². The molecule has 0 spiro atoms. The first-order chi connectivity index (χ1) is 12.4. The Balaban J connectivity index is 0.00000364. The fraction of sp³-hybridized carbons (Fsp3) is 0.611. The highest BCUT2D eigenvalue weighted by atomic mass is 127. The minimum Gasteiger partial charge on any atom is -0.357 e. The minimum atomic E-state index is -3.27. The second kappa shape index (κ2) is 11.5. The van der Waals surface area contributed by atoms with Crippen LogP contribution >= 0.6 is 35.7 Å². The minimum absolute atomic E-state index is 0. The summed E-state index contributed by atoms with van der Waals surface area (Å²) in [7, 11) is -1.84. The Labute approximate surface area is 184 Å². The van der Waals surface area contributed by atoms with E-state index in [0.717, 1.165) is 30.2 Å². The highest BCUT2D eigenvalue weighted by Crippen LogP contribution is 2.36. The molecule has 0 aliphatic carbocycles. The molecule has 9 heteroatoms. The Bertz CT molecular complexity index is 720. The van der Waals surface area contributed by atoms with Crippen LogP contribution in [0.5, 0.6) is 0 Å². The van der Waals surface area contributed by atoms with Crippen molar-refractivity contribution in [2.24, 2.45) is 4.99 Å². The summed E-state index contributed by atoms with van der Waals surface area (Å²) in [5.41, 5.74) is 1.76. The first-order valence-electron chi connectivity index (χ1n) is 9.01.